The molecule has 0 fully saturated rings. The molecule has 1 heterocycles. The SMILES string of the molecule is Cc1ccc(Nc2ncccc2C(N)=O)cc1Br. The smallest absolute Gasteiger partial charge is 0.252 e. The lowest BCUT2D eigenvalue weighted by Crippen LogP contribution is -2.14. The van der Waals surface area contributed by atoms with E-state index in [1.165, 1.54) is 0 Å². The zero-order valence-corrected chi connectivity index (χ0v) is 11.4. The second kappa shape index (κ2) is 5.18. The average molecular weight is 306 g/mol. The number of halogens is 1. The maximum atomic E-state index is 11.3. The molecular formula is C13H12BrN3O. The Hall–Kier alpha value is -1.88. The summed E-state index contributed by atoms with van der Waals surface area (Å²) in [6, 6.07) is 9.13. The van der Waals surface area contributed by atoms with Crippen molar-refractivity contribution in [3.63, 3.8) is 0 Å². The van der Waals surface area contributed by atoms with E-state index < -0.39 is 5.91 Å². The minimum atomic E-state index is -0.503. The van der Waals surface area contributed by atoms with Crippen LogP contribution in [-0.2, 0) is 0 Å². The number of hydrogen-bond donors (Lipinski definition) is 2. The second-order valence-corrected chi connectivity index (χ2v) is 4.71. The van der Waals surface area contributed by atoms with Crippen LogP contribution >= 0.6 is 15.9 Å². The Balaban J connectivity index is 2.34. The number of hydrogen-bond acceptors (Lipinski definition) is 3. The first-order chi connectivity index (χ1) is 8.58. The Labute approximate surface area is 113 Å². The van der Waals surface area contributed by atoms with Gasteiger partial charge in [-0.2, -0.15) is 0 Å². The number of carbonyl (C=O) groups is 1. The van der Waals surface area contributed by atoms with Gasteiger partial charge < -0.3 is 11.1 Å². The fourth-order valence-corrected chi connectivity index (χ4v) is 1.89. The zero-order chi connectivity index (χ0) is 13.1. The lowest BCUT2D eigenvalue weighted by Gasteiger charge is -2.09. The molecule has 0 unspecified atom stereocenters. The van der Waals surface area contributed by atoms with Crippen LogP contribution in [0.4, 0.5) is 11.5 Å². The van der Waals surface area contributed by atoms with Crippen molar-refractivity contribution in [2.45, 2.75) is 6.92 Å². The van der Waals surface area contributed by atoms with Crippen molar-refractivity contribution in [2.24, 2.45) is 5.73 Å². The third-order valence-electron chi connectivity index (χ3n) is 2.51. The van der Waals surface area contributed by atoms with Crippen molar-refractivity contribution in [1.29, 1.82) is 0 Å². The molecule has 2 rings (SSSR count). The fraction of sp³-hybridized carbons (Fsp3) is 0.0769. The summed E-state index contributed by atoms with van der Waals surface area (Å²) in [6.45, 7) is 2.00. The molecule has 18 heavy (non-hydrogen) atoms. The quantitative estimate of drug-likeness (QED) is 0.916. The highest BCUT2D eigenvalue weighted by molar-refractivity contribution is 9.10. The summed E-state index contributed by atoms with van der Waals surface area (Å²) in [5.41, 5.74) is 7.64. The van der Waals surface area contributed by atoms with E-state index in [1.807, 2.05) is 25.1 Å². The van der Waals surface area contributed by atoms with E-state index in [1.54, 1.807) is 18.3 Å². The number of nitrogens with zero attached hydrogens (tertiary/aromatic N) is 1. The molecular weight excluding hydrogens is 294 g/mol. The van der Waals surface area contributed by atoms with E-state index in [0.717, 1.165) is 15.7 Å². The van der Waals surface area contributed by atoms with E-state index in [-0.39, 0.29) is 0 Å². The molecule has 0 spiro atoms. The van der Waals surface area contributed by atoms with Gasteiger partial charge in [-0.1, -0.05) is 22.0 Å². The first kappa shape index (κ1) is 12.6. The fourth-order valence-electron chi connectivity index (χ4n) is 1.51. The second-order valence-electron chi connectivity index (χ2n) is 3.85. The first-order valence-electron chi connectivity index (χ1n) is 5.36. The van der Waals surface area contributed by atoms with Gasteiger partial charge in [0.1, 0.15) is 5.82 Å². The monoisotopic (exact) mass is 305 g/mol. The minimum absolute atomic E-state index is 0.370. The van der Waals surface area contributed by atoms with Gasteiger partial charge in [-0.15, -0.1) is 0 Å². The summed E-state index contributed by atoms with van der Waals surface area (Å²) in [7, 11) is 0. The topological polar surface area (TPSA) is 68.0 Å². The Morgan fingerprint density at radius 1 is 1.39 bits per heavy atom. The molecule has 0 saturated heterocycles. The first-order valence-corrected chi connectivity index (χ1v) is 6.15. The molecule has 1 aromatic carbocycles. The molecule has 5 heteroatoms. The molecule has 1 amide bonds. The van der Waals surface area contributed by atoms with Crippen LogP contribution in [0.5, 0.6) is 0 Å². The molecule has 3 N–H and O–H groups in total. The lowest BCUT2D eigenvalue weighted by atomic mass is 10.2. The number of aromatic nitrogens is 1. The molecule has 0 aliphatic carbocycles. The van der Waals surface area contributed by atoms with Crippen LogP contribution in [-0.4, -0.2) is 10.9 Å². The minimum Gasteiger partial charge on any atom is -0.365 e. The molecule has 92 valence electrons. The summed E-state index contributed by atoms with van der Waals surface area (Å²) in [5, 5.41) is 3.08. The summed E-state index contributed by atoms with van der Waals surface area (Å²) < 4.78 is 0.990. The third kappa shape index (κ3) is 2.68. The number of carbonyl (C=O) groups excluding carboxylic acids is 1. The van der Waals surface area contributed by atoms with Crippen molar-refractivity contribution in [2.75, 3.05) is 5.32 Å². The molecule has 0 saturated carbocycles. The van der Waals surface area contributed by atoms with Crippen molar-refractivity contribution < 1.29 is 4.79 Å². The number of nitrogens with two attached hydrogens (primary N) is 1. The summed E-state index contributed by atoms with van der Waals surface area (Å²) in [6.07, 6.45) is 1.61. The highest BCUT2D eigenvalue weighted by atomic mass is 79.9. The maximum Gasteiger partial charge on any atom is 0.252 e. The largest absolute Gasteiger partial charge is 0.365 e. The normalized spacial score (nSPS) is 10.1. The Morgan fingerprint density at radius 2 is 2.17 bits per heavy atom. The summed E-state index contributed by atoms with van der Waals surface area (Å²) in [5.74, 6) is -0.0440. The van der Waals surface area contributed by atoms with Crippen LogP contribution in [0.15, 0.2) is 41.0 Å². The van der Waals surface area contributed by atoms with Crippen LogP contribution in [0.3, 0.4) is 0 Å². The van der Waals surface area contributed by atoms with Gasteiger partial charge in [-0.25, -0.2) is 4.98 Å². The molecule has 0 aliphatic rings. The molecule has 0 aliphatic heterocycles. The number of amides is 1. The van der Waals surface area contributed by atoms with Crippen LogP contribution < -0.4 is 11.1 Å². The van der Waals surface area contributed by atoms with Gasteiger partial charge in [-0.3, -0.25) is 4.79 Å². The Morgan fingerprint density at radius 3 is 2.83 bits per heavy atom. The van der Waals surface area contributed by atoms with E-state index in [9.17, 15) is 4.79 Å². The van der Waals surface area contributed by atoms with Gasteiger partial charge in [0.25, 0.3) is 5.91 Å². The van der Waals surface area contributed by atoms with Gasteiger partial charge in [0.15, 0.2) is 0 Å². The molecule has 0 atom stereocenters. The van der Waals surface area contributed by atoms with Gasteiger partial charge in [0.2, 0.25) is 0 Å². The lowest BCUT2D eigenvalue weighted by molar-refractivity contribution is 0.100. The number of aryl methyl sites for hydroxylation is 1. The van der Waals surface area contributed by atoms with Crippen molar-refractivity contribution in [3.8, 4) is 0 Å². The highest BCUT2D eigenvalue weighted by Gasteiger charge is 2.09. The molecule has 0 radical (unpaired) electrons. The summed E-state index contributed by atoms with van der Waals surface area (Å²) in [4.78, 5) is 15.4. The standard InChI is InChI=1S/C13H12BrN3O/c1-8-4-5-9(7-11(8)14)17-13-10(12(15)18)3-2-6-16-13/h2-7H,1H3,(H2,15,18)(H,16,17). The zero-order valence-electron chi connectivity index (χ0n) is 9.77. The van der Waals surface area contributed by atoms with Gasteiger partial charge >= 0.3 is 0 Å². The van der Waals surface area contributed by atoms with Crippen LogP contribution in [0.2, 0.25) is 0 Å². The van der Waals surface area contributed by atoms with Crippen LogP contribution in [0.1, 0.15) is 15.9 Å². The molecule has 4 nitrogen and oxygen atoms in total. The Kier molecular flexibility index (Phi) is 3.62. The summed E-state index contributed by atoms with van der Waals surface area (Å²) >= 11 is 3.45. The Bertz CT molecular complexity index is 599. The predicted molar refractivity (Wildman–Crippen MR) is 74.9 cm³/mol. The number of benzene rings is 1. The number of anilines is 2. The van der Waals surface area contributed by atoms with Gasteiger partial charge in [-0.05, 0) is 36.8 Å². The van der Waals surface area contributed by atoms with Gasteiger partial charge in [0.05, 0.1) is 5.56 Å². The number of pyridine rings is 1. The third-order valence-corrected chi connectivity index (χ3v) is 3.36. The van der Waals surface area contributed by atoms with Crippen LogP contribution in [0, 0.1) is 6.92 Å². The van der Waals surface area contributed by atoms with Gasteiger partial charge in [0, 0.05) is 16.4 Å². The highest BCUT2D eigenvalue weighted by Crippen LogP contribution is 2.24. The van der Waals surface area contributed by atoms with Crippen LogP contribution in [0.25, 0.3) is 0 Å². The van der Waals surface area contributed by atoms with E-state index in [4.69, 9.17) is 5.73 Å². The predicted octanol–water partition coefficient (Wildman–Crippen LogP) is 3.00. The maximum absolute atomic E-state index is 11.3. The van der Waals surface area contributed by atoms with E-state index in [0.29, 0.717) is 11.4 Å². The van der Waals surface area contributed by atoms with Crippen molar-refractivity contribution in [3.05, 3.63) is 52.1 Å². The average Bonchev–Trinajstić information content (AvgIpc) is 2.34. The van der Waals surface area contributed by atoms with Crippen molar-refractivity contribution in [1.82, 2.24) is 4.98 Å². The number of primary amides is 1. The van der Waals surface area contributed by atoms with E-state index >= 15 is 0 Å². The number of nitrogens with one attached hydrogen (secondary N) is 1. The molecule has 1 aromatic heterocycles. The number of rotatable bonds is 3. The molecule has 2 aromatic rings. The molecule has 0 bridgehead atoms. The van der Waals surface area contributed by atoms with Crippen molar-refractivity contribution >= 4 is 33.3 Å². The van der Waals surface area contributed by atoms with E-state index in [2.05, 4.69) is 26.2 Å².